The molecule has 2 aromatic carbocycles. The van der Waals surface area contributed by atoms with Crippen LogP contribution < -0.4 is 0 Å². The van der Waals surface area contributed by atoms with Crippen LogP contribution in [0.1, 0.15) is 11.3 Å². The van der Waals surface area contributed by atoms with Gasteiger partial charge in [-0.15, -0.1) is 0 Å². The number of carbonyl (C=O) groups is 1. The second-order valence-electron chi connectivity index (χ2n) is 6.21. The fourth-order valence-corrected chi connectivity index (χ4v) is 3.18. The van der Waals surface area contributed by atoms with E-state index in [2.05, 4.69) is 4.99 Å². The predicted molar refractivity (Wildman–Crippen MR) is 108 cm³/mol. The van der Waals surface area contributed by atoms with Gasteiger partial charge in [0, 0.05) is 23.8 Å². The summed E-state index contributed by atoms with van der Waals surface area (Å²) in [6.07, 6.45) is 1.25. The molecule has 156 valence electrons. The molecule has 1 aromatic heterocycles. The standard InChI is InChI=1S/C20H8Cl2F2N2O5/c21-13-3-1-9(26(28)29)5-11(13)18-4-2-10(30-18)6-17-20(27)31-19(25-17)12-7-15(23)16(24)8-14(12)22/h1-8H. The molecule has 4 rings (SSSR count). The maximum absolute atomic E-state index is 13.5. The number of furan rings is 1. The van der Waals surface area contributed by atoms with Crippen molar-refractivity contribution in [3.05, 3.63) is 91.3 Å². The molecular weight excluding hydrogens is 457 g/mol. The summed E-state index contributed by atoms with van der Waals surface area (Å²) in [5.74, 6) is -3.10. The van der Waals surface area contributed by atoms with Crippen LogP contribution in [0.4, 0.5) is 14.5 Å². The van der Waals surface area contributed by atoms with Gasteiger partial charge in [-0.1, -0.05) is 23.2 Å². The van der Waals surface area contributed by atoms with Gasteiger partial charge in [0.25, 0.3) is 5.69 Å². The fraction of sp³-hybridized carbons (Fsp3) is 0. The minimum Gasteiger partial charge on any atom is -0.457 e. The van der Waals surface area contributed by atoms with E-state index < -0.39 is 22.5 Å². The third-order valence-electron chi connectivity index (χ3n) is 4.19. The van der Waals surface area contributed by atoms with Crippen LogP contribution in [0.3, 0.4) is 0 Å². The van der Waals surface area contributed by atoms with E-state index in [1.807, 2.05) is 0 Å². The average Bonchev–Trinajstić information content (AvgIpc) is 3.32. The van der Waals surface area contributed by atoms with Crippen molar-refractivity contribution in [2.45, 2.75) is 0 Å². The minimum atomic E-state index is -1.18. The zero-order valence-electron chi connectivity index (χ0n) is 15.1. The second kappa shape index (κ2) is 7.93. The lowest BCUT2D eigenvalue weighted by atomic mass is 10.1. The summed E-state index contributed by atoms with van der Waals surface area (Å²) >= 11 is 12.0. The summed E-state index contributed by atoms with van der Waals surface area (Å²) in [5.41, 5.74) is -0.164. The number of benzene rings is 2. The highest BCUT2D eigenvalue weighted by Crippen LogP contribution is 2.33. The van der Waals surface area contributed by atoms with E-state index >= 15 is 0 Å². The number of non-ortho nitro benzene ring substituents is 1. The summed E-state index contributed by atoms with van der Waals surface area (Å²) in [6.45, 7) is 0. The van der Waals surface area contributed by atoms with Crippen molar-refractivity contribution in [3.8, 4) is 11.3 Å². The molecule has 0 fully saturated rings. The SMILES string of the molecule is O=C1OC(c2cc(F)c(F)cc2Cl)=NC1=Cc1ccc(-c2cc([N+](=O)[O-])ccc2Cl)o1. The Kier molecular flexibility index (Phi) is 5.30. The molecule has 0 aliphatic carbocycles. The minimum absolute atomic E-state index is 0.0965. The first-order valence-corrected chi connectivity index (χ1v) is 9.20. The van der Waals surface area contributed by atoms with Gasteiger partial charge in [-0.05, 0) is 30.3 Å². The van der Waals surface area contributed by atoms with Crippen LogP contribution in [0.2, 0.25) is 10.0 Å². The number of hydrogen-bond acceptors (Lipinski definition) is 6. The van der Waals surface area contributed by atoms with Gasteiger partial charge in [0.1, 0.15) is 11.5 Å². The van der Waals surface area contributed by atoms with E-state index in [0.717, 1.165) is 12.1 Å². The number of nitro benzene ring substituents is 1. The van der Waals surface area contributed by atoms with Crippen molar-refractivity contribution in [1.82, 2.24) is 0 Å². The number of ether oxygens (including phenoxy) is 1. The van der Waals surface area contributed by atoms with Crippen LogP contribution in [0.15, 0.2) is 57.6 Å². The van der Waals surface area contributed by atoms with Crippen molar-refractivity contribution < 1.29 is 27.7 Å². The van der Waals surface area contributed by atoms with Crippen LogP contribution in [0, 0.1) is 21.7 Å². The molecule has 0 N–H and O–H groups in total. The smallest absolute Gasteiger partial charge is 0.363 e. The summed E-state index contributed by atoms with van der Waals surface area (Å²) in [4.78, 5) is 26.5. The molecule has 0 spiro atoms. The van der Waals surface area contributed by atoms with E-state index in [9.17, 15) is 23.7 Å². The Labute approximate surface area is 182 Å². The number of rotatable bonds is 4. The third-order valence-corrected chi connectivity index (χ3v) is 4.84. The summed E-state index contributed by atoms with van der Waals surface area (Å²) in [5, 5.41) is 11.0. The first-order chi connectivity index (χ1) is 14.7. The molecule has 1 aliphatic rings. The first-order valence-electron chi connectivity index (χ1n) is 8.44. The van der Waals surface area contributed by atoms with Crippen LogP contribution in [0.5, 0.6) is 0 Å². The second-order valence-corrected chi connectivity index (χ2v) is 7.02. The van der Waals surface area contributed by atoms with Gasteiger partial charge in [0.15, 0.2) is 17.3 Å². The Hall–Kier alpha value is -3.56. The van der Waals surface area contributed by atoms with Gasteiger partial charge in [0.2, 0.25) is 5.90 Å². The molecule has 1 aliphatic heterocycles. The number of cyclic esters (lactones) is 1. The fourth-order valence-electron chi connectivity index (χ4n) is 2.74. The van der Waals surface area contributed by atoms with E-state index in [0.29, 0.717) is 0 Å². The van der Waals surface area contributed by atoms with Crippen LogP contribution >= 0.6 is 23.2 Å². The summed E-state index contributed by atoms with van der Waals surface area (Å²) in [6, 6.07) is 8.38. The number of nitrogens with zero attached hydrogens (tertiary/aromatic N) is 2. The van der Waals surface area contributed by atoms with Crippen molar-refractivity contribution in [3.63, 3.8) is 0 Å². The molecule has 0 saturated heterocycles. The molecule has 31 heavy (non-hydrogen) atoms. The van der Waals surface area contributed by atoms with Crippen LogP contribution in [-0.2, 0) is 9.53 Å². The Balaban J connectivity index is 1.67. The van der Waals surface area contributed by atoms with Gasteiger partial charge < -0.3 is 9.15 Å². The Morgan fingerprint density at radius 3 is 2.48 bits per heavy atom. The highest BCUT2D eigenvalue weighted by Gasteiger charge is 2.27. The monoisotopic (exact) mass is 464 g/mol. The molecule has 0 bridgehead atoms. The number of hydrogen-bond donors (Lipinski definition) is 0. The molecule has 0 unspecified atom stereocenters. The molecule has 11 heteroatoms. The zero-order valence-corrected chi connectivity index (χ0v) is 16.6. The lowest BCUT2D eigenvalue weighted by Gasteiger charge is -2.03. The maximum Gasteiger partial charge on any atom is 0.363 e. The number of aliphatic imine (C=N–C) groups is 1. The molecule has 3 aromatic rings. The number of nitro groups is 1. The highest BCUT2D eigenvalue weighted by molar-refractivity contribution is 6.34. The molecular formula is C20H8Cl2F2N2O5. The van der Waals surface area contributed by atoms with Crippen molar-refractivity contribution in [1.29, 1.82) is 0 Å². The van der Waals surface area contributed by atoms with E-state index in [4.69, 9.17) is 32.4 Å². The van der Waals surface area contributed by atoms with E-state index in [1.54, 1.807) is 0 Å². The van der Waals surface area contributed by atoms with Gasteiger partial charge >= 0.3 is 5.97 Å². The van der Waals surface area contributed by atoms with E-state index in [1.165, 1.54) is 36.4 Å². The average molecular weight is 465 g/mol. The lowest BCUT2D eigenvalue weighted by molar-refractivity contribution is -0.384. The Morgan fingerprint density at radius 1 is 1.00 bits per heavy atom. The first kappa shape index (κ1) is 20.7. The van der Waals surface area contributed by atoms with E-state index in [-0.39, 0.29) is 50.0 Å². The Bertz CT molecular complexity index is 1320. The number of halogens is 4. The molecule has 0 radical (unpaired) electrons. The van der Waals surface area contributed by atoms with Crippen LogP contribution in [-0.4, -0.2) is 16.8 Å². The quantitative estimate of drug-likeness (QED) is 0.160. The summed E-state index contributed by atoms with van der Waals surface area (Å²) < 4.78 is 37.4. The predicted octanol–water partition coefficient (Wildman–Crippen LogP) is 5.78. The molecule has 0 saturated carbocycles. The molecule has 0 amide bonds. The van der Waals surface area contributed by atoms with Crippen molar-refractivity contribution in [2.75, 3.05) is 0 Å². The van der Waals surface area contributed by atoms with Crippen molar-refractivity contribution >= 4 is 46.8 Å². The number of carbonyl (C=O) groups excluding carboxylic acids is 1. The van der Waals surface area contributed by atoms with Crippen molar-refractivity contribution in [2.24, 2.45) is 4.99 Å². The van der Waals surface area contributed by atoms with Gasteiger partial charge in [-0.3, -0.25) is 10.1 Å². The lowest BCUT2D eigenvalue weighted by Crippen LogP contribution is -2.07. The molecule has 7 nitrogen and oxygen atoms in total. The zero-order chi connectivity index (χ0) is 22.3. The maximum atomic E-state index is 13.5. The summed E-state index contributed by atoms with van der Waals surface area (Å²) in [7, 11) is 0. The van der Waals surface area contributed by atoms with Gasteiger partial charge in [-0.2, -0.15) is 0 Å². The number of esters is 1. The molecule has 2 heterocycles. The largest absolute Gasteiger partial charge is 0.457 e. The topological polar surface area (TPSA) is 94.9 Å². The highest BCUT2D eigenvalue weighted by atomic mass is 35.5. The molecule has 0 atom stereocenters. The Morgan fingerprint density at radius 2 is 1.74 bits per heavy atom. The third kappa shape index (κ3) is 4.05. The van der Waals surface area contributed by atoms with Crippen LogP contribution in [0.25, 0.3) is 17.4 Å². The van der Waals surface area contributed by atoms with Gasteiger partial charge in [0.05, 0.1) is 20.5 Å². The van der Waals surface area contributed by atoms with Gasteiger partial charge in [-0.25, -0.2) is 18.6 Å². The normalized spacial score (nSPS) is 14.6.